The van der Waals surface area contributed by atoms with Gasteiger partial charge >= 0.3 is 0 Å². The van der Waals surface area contributed by atoms with Crippen LogP contribution >= 0.6 is 0 Å². The monoisotopic (exact) mass is 491 g/mol. The van der Waals surface area contributed by atoms with Crippen molar-refractivity contribution < 1.29 is 14.4 Å². The predicted octanol–water partition coefficient (Wildman–Crippen LogP) is 5.01. The van der Waals surface area contributed by atoms with Gasteiger partial charge in [0.2, 0.25) is 0 Å². The zero-order valence-corrected chi connectivity index (χ0v) is 21.1. The highest BCUT2D eigenvalue weighted by Gasteiger charge is 2.19. The van der Waals surface area contributed by atoms with Gasteiger partial charge in [-0.05, 0) is 52.1 Å². The third kappa shape index (κ3) is 5.76. The van der Waals surface area contributed by atoms with Crippen LogP contribution in [0.4, 0.5) is 0 Å². The molecule has 3 amide bonds. The van der Waals surface area contributed by atoms with Gasteiger partial charge in [-0.2, -0.15) is 0 Å². The maximum Gasteiger partial charge on any atom is 0.253 e. The highest BCUT2D eigenvalue weighted by atomic mass is 16.2. The van der Waals surface area contributed by atoms with Gasteiger partial charge < -0.3 is 15.5 Å². The Bertz CT molecular complexity index is 1450. The van der Waals surface area contributed by atoms with Gasteiger partial charge in [0.1, 0.15) is 0 Å². The maximum absolute atomic E-state index is 13.2. The van der Waals surface area contributed by atoms with Crippen LogP contribution in [0.15, 0.2) is 97.1 Å². The van der Waals surface area contributed by atoms with Crippen LogP contribution in [0.1, 0.15) is 36.6 Å². The zero-order chi connectivity index (χ0) is 26.4. The van der Waals surface area contributed by atoms with Crippen LogP contribution in [0.25, 0.3) is 22.3 Å². The molecule has 37 heavy (non-hydrogen) atoms. The molecule has 0 aromatic heterocycles. The number of hydrogen-bond acceptors (Lipinski definition) is 3. The Hall–Kier alpha value is -4.71. The topological polar surface area (TPSA) is 78.5 Å². The molecule has 0 saturated heterocycles. The molecule has 0 heterocycles. The van der Waals surface area contributed by atoms with Gasteiger partial charge in [0.05, 0.1) is 0 Å². The van der Waals surface area contributed by atoms with Crippen molar-refractivity contribution in [2.75, 3.05) is 21.1 Å². The second kappa shape index (κ2) is 11.4. The van der Waals surface area contributed by atoms with Crippen LogP contribution in [-0.2, 0) is 6.54 Å². The Morgan fingerprint density at radius 1 is 0.676 bits per heavy atom. The molecule has 0 atom stereocenters. The second-order valence-corrected chi connectivity index (χ2v) is 8.83. The van der Waals surface area contributed by atoms with E-state index < -0.39 is 0 Å². The summed E-state index contributed by atoms with van der Waals surface area (Å²) in [5, 5.41) is 5.62. The fourth-order valence-corrected chi connectivity index (χ4v) is 4.16. The smallest absolute Gasteiger partial charge is 0.253 e. The summed E-state index contributed by atoms with van der Waals surface area (Å²) in [5.74, 6) is -0.565. The number of nitrogens with one attached hydrogen (secondary N) is 2. The number of carbonyl (C=O) groups is 3. The molecule has 4 aromatic rings. The molecule has 0 unspecified atom stereocenters. The highest BCUT2D eigenvalue weighted by molar-refractivity contribution is 6.05. The predicted molar refractivity (Wildman–Crippen MR) is 146 cm³/mol. The van der Waals surface area contributed by atoms with Gasteiger partial charge in [0.25, 0.3) is 17.7 Å². The molecule has 0 fully saturated rings. The highest BCUT2D eigenvalue weighted by Crippen LogP contribution is 2.32. The van der Waals surface area contributed by atoms with E-state index in [0.29, 0.717) is 28.8 Å². The van der Waals surface area contributed by atoms with E-state index in [0.717, 1.165) is 22.3 Å². The van der Waals surface area contributed by atoms with E-state index in [-0.39, 0.29) is 17.7 Å². The van der Waals surface area contributed by atoms with Crippen molar-refractivity contribution in [1.29, 1.82) is 0 Å². The van der Waals surface area contributed by atoms with Crippen LogP contribution in [0, 0.1) is 0 Å². The van der Waals surface area contributed by atoms with Crippen LogP contribution < -0.4 is 10.6 Å². The zero-order valence-electron chi connectivity index (χ0n) is 21.1. The van der Waals surface area contributed by atoms with Crippen LogP contribution in [-0.4, -0.2) is 43.8 Å². The summed E-state index contributed by atoms with van der Waals surface area (Å²) < 4.78 is 0. The van der Waals surface area contributed by atoms with Gasteiger partial charge in [-0.15, -0.1) is 0 Å². The van der Waals surface area contributed by atoms with Crippen LogP contribution in [0.2, 0.25) is 0 Å². The van der Waals surface area contributed by atoms with Crippen LogP contribution in [0.5, 0.6) is 0 Å². The van der Waals surface area contributed by atoms with Crippen molar-refractivity contribution in [1.82, 2.24) is 15.5 Å². The molecule has 186 valence electrons. The molecule has 4 aromatic carbocycles. The van der Waals surface area contributed by atoms with Crippen molar-refractivity contribution in [3.05, 3.63) is 119 Å². The molecular formula is C31H29N3O3. The fraction of sp³-hybridized carbons (Fsp3) is 0.129. The number of benzene rings is 4. The normalized spacial score (nSPS) is 10.5. The van der Waals surface area contributed by atoms with Crippen LogP contribution in [0.3, 0.4) is 0 Å². The Labute approximate surface area is 217 Å². The Morgan fingerprint density at radius 3 is 2.08 bits per heavy atom. The van der Waals surface area contributed by atoms with E-state index in [4.69, 9.17) is 0 Å². The number of amides is 3. The molecule has 0 saturated carbocycles. The van der Waals surface area contributed by atoms with Gasteiger partial charge in [-0.3, -0.25) is 14.4 Å². The summed E-state index contributed by atoms with van der Waals surface area (Å²) in [5.41, 5.74) is 5.47. The summed E-state index contributed by atoms with van der Waals surface area (Å²) >= 11 is 0. The molecule has 4 rings (SSSR count). The number of nitrogens with zero attached hydrogens (tertiary/aromatic N) is 1. The average molecular weight is 492 g/mol. The molecule has 6 heteroatoms. The Balaban J connectivity index is 1.71. The molecule has 0 aliphatic heterocycles. The standard InChI is InChI=1S/C31H29N3O3/c1-32-30(36)27-15-8-7-14-25(27)23-16-17-26(28(19-23)31(37)34(2)3)22-12-9-13-24(18-22)29(35)33-20-21-10-5-4-6-11-21/h4-19H,20H2,1-3H3,(H,32,36)(H,33,35). The first-order valence-electron chi connectivity index (χ1n) is 12.0. The first-order chi connectivity index (χ1) is 17.9. The number of carbonyl (C=O) groups excluding carboxylic acids is 3. The SMILES string of the molecule is CNC(=O)c1ccccc1-c1ccc(-c2cccc(C(=O)NCc3ccccc3)c2)c(C(=O)N(C)C)c1. The van der Waals surface area contributed by atoms with E-state index >= 15 is 0 Å². The molecule has 0 aliphatic carbocycles. The van der Waals surface area contributed by atoms with Crippen molar-refractivity contribution >= 4 is 17.7 Å². The van der Waals surface area contributed by atoms with Gasteiger partial charge in [-0.1, -0.05) is 72.8 Å². The molecule has 0 bridgehead atoms. The number of rotatable bonds is 7. The van der Waals surface area contributed by atoms with E-state index in [1.165, 1.54) is 4.90 Å². The lowest BCUT2D eigenvalue weighted by atomic mass is 9.91. The molecule has 0 radical (unpaired) electrons. The average Bonchev–Trinajstić information content (AvgIpc) is 2.95. The summed E-state index contributed by atoms with van der Waals surface area (Å²) in [6.45, 7) is 0.424. The summed E-state index contributed by atoms with van der Waals surface area (Å²) in [4.78, 5) is 40.1. The molecule has 2 N–H and O–H groups in total. The van der Waals surface area contributed by atoms with E-state index in [1.807, 2.05) is 78.9 Å². The van der Waals surface area contributed by atoms with Gasteiger partial charge in [-0.25, -0.2) is 0 Å². The minimum atomic E-state index is -0.200. The first kappa shape index (κ1) is 25.4. The third-order valence-corrected chi connectivity index (χ3v) is 6.10. The summed E-state index contributed by atoms with van der Waals surface area (Å²) in [6, 6.07) is 29.8. The number of hydrogen-bond donors (Lipinski definition) is 2. The first-order valence-corrected chi connectivity index (χ1v) is 12.0. The van der Waals surface area contributed by atoms with Crippen molar-refractivity contribution in [3.8, 4) is 22.3 Å². The van der Waals surface area contributed by atoms with E-state index in [9.17, 15) is 14.4 Å². The van der Waals surface area contributed by atoms with E-state index in [2.05, 4.69) is 10.6 Å². The third-order valence-electron chi connectivity index (χ3n) is 6.10. The lowest BCUT2D eigenvalue weighted by Crippen LogP contribution is -2.23. The lowest BCUT2D eigenvalue weighted by molar-refractivity contribution is 0.0827. The van der Waals surface area contributed by atoms with Crippen molar-refractivity contribution in [2.45, 2.75) is 6.54 Å². The van der Waals surface area contributed by atoms with Crippen molar-refractivity contribution in [2.24, 2.45) is 0 Å². The largest absolute Gasteiger partial charge is 0.355 e. The minimum Gasteiger partial charge on any atom is -0.355 e. The lowest BCUT2D eigenvalue weighted by Gasteiger charge is -2.17. The van der Waals surface area contributed by atoms with Gasteiger partial charge in [0, 0.05) is 44.4 Å². The van der Waals surface area contributed by atoms with Crippen molar-refractivity contribution in [3.63, 3.8) is 0 Å². The molecule has 6 nitrogen and oxygen atoms in total. The summed E-state index contributed by atoms with van der Waals surface area (Å²) in [7, 11) is 4.99. The molecule has 0 spiro atoms. The van der Waals surface area contributed by atoms with Gasteiger partial charge in [0.15, 0.2) is 0 Å². The Morgan fingerprint density at radius 2 is 1.35 bits per heavy atom. The maximum atomic E-state index is 13.2. The quantitative estimate of drug-likeness (QED) is 0.381. The Kier molecular flexibility index (Phi) is 7.79. The molecular weight excluding hydrogens is 462 g/mol. The van der Waals surface area contributed by atoms with E-state index in [1.54, 1.807) is 39.3 Å². The summed E-state index contributed by atoms with van der Waals surface area (Å²) in [6.07, 6.45) is 0. The molecule has 0 aliphatic rings. The minimum absolute atomic E-state index is 0.173. The second-order valence-electron chi connectivity index (χ2n) is 8.83. The fourth-order valence-electron chi connectivity index (χ4n) is 4.16.